The Kier molecular flexibility index (Phi) is 3.93. The van der Waals surface area contributed by atoms with E-state index in [0.29, 0.717) is 0 Å². The van der Waals surface area contributed by atoms with Crippen molar-refractivity contribution >= 4 is 23.5 Å². The van der Waals surface area contributed by atoms with Crippen molar-refractivity contribution in [1.82, 2.24) is 0 Å². The second kappa shape index (κ2) is 5.82. The number of non-ortho nitro benzene ring substituents is 1. The van der Waals surface area contributed by atoms with Crippen molar-refractivity contribution in [1.29, 1.82) is 0 Å². The summed E-state index contributed by atoms with van der Waals surface area (Å²) in [5.41, 5.74) is 3.15. The molecule has 2 aromatic rings. The van der Waals surface area contributed by atoms with Gasteiger partial charge < -0.3 is 5.32 Å². The van der Waals surface area contributed by atoms with Gasteiger partial charge in [-0.15, -0.1) is 0 Å². The first-order chi connectivity index (χ1) is 9.20. The normalized spacial score (nSPS) is 10.6. The summed E-state index contributed by atoms with van der Waals surface area (Å²) in [4.78, 5) is 10.2. The summed E-state index contributed by atoms with van der Waals surface area (Å²) in [6.45, 7) is 0. The second-order valence-corrected chi connectivity index (χ2v) is 4.02. The molecule has 4 nitrogen and oxygen atoms in total. The monoisotopic (exact) mass is 254 g/mol. The minimum Gasteiger partial charge on any atom is -0.388 e. The maximum atomic E-state index is 10.6. The van der Waals surface area contributed by atoms with E-state index >= 15 is 0 Å². The van der Waals surface area contributed by atoms with E-state index in [2.05, 4.69) is 5.32 Å². The van der Waals surface area contributed by atoms with Crippen LogP contribution in [0.1, 0.15) is 11.1 Å². The summed E-state index contributed by atoms with van der Waals surface area (Å²) < 4.78 is 0. The van der Waals surface area contributed by atoms with Crippen LogP contribution >= 0.6 is 0 Å². The fraction of sp³-hybridized carbons (Fsp3) is 0.0667. The number of nitro groups is 1. The van der Waals surface area contributed by atoms with Crippen LogP contribution in [0.5, 0.6) is 0 Å². The van der Waals surface area contributed by atoms with Gasteiger partial charge >= 0.3 is 0 Å². The van der Waals surface area contributed by atoms with Crippen LogP contribution in [0.15, 0.2) is 48.5 Å². The van der Waals surface area contributed by atoms with Gasteiger partial charge in [0.1, 0.15) is 0 Å². The quantitative estimate of drug-likeness (QED) is 0.513. The predicted octanol–water partition coefficient (Wildman–Crippen LogP) is 3.81. The SMILES string of the molecule is CNc1ccccc1C=Cc1ccc([N+](=O)[O-])cc1. The summed E-state index contributed by atoms with van der Waals surface area (Å²) in [7, 11) is 1.87. The van der Waals surface area contributed by atoms with Gasteiger partial charge in [-0.1, -0.05) is 30.4 Å². The molecule has 0 amide bonds. The van der Waals surface area contributed by atoms with E-state index in [9.17, 15) is 10.1 Å². The molecule has 4 heteroatoms. The number of nitro benzene ring substituents is 1. The van der Waals surface area contributed by atoms with E-state index in [1.165, 1.54) is 12.1 Å². The Hall–Kier alpha value is -2.62. The highest BCUT2D eigenvalue weighted by Crippen LogP contribution is 2.18. The third kappa shape index (κ3) is 3.19. The molecule has 0 spiro atoms. The Bertz CT molecular complexity index is 604. The fourth-order valence-corrected chi connectivity index (χ4v) is 1.76. The zero-order chi connectivity index (χ0) is 13.7. The molecule has 19 heavy (non-hydrogen) atoms. The maximum absolute atomic E-state index is 10.6. The van der Waals surface area contributed by atoms with Gasteiger partial charge in [-0.2, -0.15) is 0 Å². The van der Waals surface area contributed by atoms with E-state index in [-0.39, 0.29) is 5.69 Å². The van der Waals surface area contributed by atoms with Crippen LogP contribution in [0.3, 0.4) is 0 Å². The van der Waals surface area contributed by atoms with Gasteiger partial charge in [0.2, 0.25) is 0 Å². The van der Waals surface area contributed by atoms with Crippen molar-refractivity contribution in [2.45, 2.75) is 0 Å². The molecule has 0 atom stereocenters. The number of nitrogens with zero attached hydrogens (tertiary/aromatic N) is 1. The first-order valence-electron chi connectivity index (χ1n) is 5.90. The smallest absolute Gasteiger partial charge is 0.269 e. The number of para-hydroxylation sites is 1. The van der Waals surface area contributed by atoms with Crippen LogP contribution in [0.25, 0.3) is 12.2 Å². The Balaban J connectivity index is 2.20. The molecule has 96 valence electrons. The molecule has 0 saturated heterocycles. The van der Waals surface area contributed by atoms with Gasteiger partial charge in [0.25, 0.3) is 5.69 Å². The average molecular weight is 254 g/mol. The molecule has 0 bridgehead atoms. The van der Waals surface area contributed by atoms with Gasteiger partial charge in [-0.25, -0.2) is 0 Å². The van der Waals surface area contributed by atoms with Crippen molar-refractivity contribution in [2.75, 3.05) is 12.4 Å². The topological polar surface area (TPSA) is 55.2 Å². The van der Waals surface area contributed by atoms with Crippen LogP contribution in [0, 0.1) is 10.1 Å². The van der Waals surface area contributed by atoms with Crippen molar-refractivity contribution in [3.8, 4) is 0 Å². The van der Waals surface area contributed by atoms with Crippen molar-refractivity contribution in [3.63, 3.8) is 0 Å². The molecule has 2 aromatic carbocycles. The lowest BCUT2D eigenvalue weighted by Gasteiger charge is -2.03. The lowest BCUT2D eigenvalue weighted by Crippen LogP contribution is -1.90. The molecule has 0 heterocycles. The largest absolute Gasteiger partial charge is 0.388 e. The summed E-state index contributed by atoms with van der Waals surface area (Å²) >= 11 is 0. The van der Waals surface area contributed by atoms with E-state index in [1.54, 1.807) is 12.1 Å². The third-order valence-electron chi connectivity index (χ3n) is 2.79. The van der Waals surface area contributed by atoms with E-state index in [0.717, 1.165) is 16.8 Å². The van der Waals surface area contributed by atoms with Crippen LogP contribution in [0.4, 0.5) is 11.4 Å². The Morgan fingerprint density at radius 2 is 1.74 bits per heavy atom. The van der Waals surface area contributed by atoms with E-state index in [1.807, 2.05) is 43.5 Å². The summed E-state index contributed by atoms with van der Waals surface area (Å²) in [6.07, 6.45) is 3.91. The Morgan fingerprint density at radius 1 is 1.05 bits per heavy atom. The van der Waals surface area contributed by atoms with Crippen molar-refractivity contribution < 1.29 is 4.92 Å². The molecule has 2 rings (SSSR count). The van der Waals surface area contributed by atoms with Crippen LogP contribution in [0.2, 0.25) is 0 Å². The predicted molar refractivity (Wildman–Crippen MR) is 78.0 cm³/mol. The molecule has 0 aliphatic carbocycles. The Labute approximate surface area is 111 Å². The summed E-state index contributed by atoms with van der Waals surface area (Å²) in [5, 5.41) is 13.7. The van der Waals surface area contributed by atoms with Gasteiger partial charge in [0.15, 0.2) is 0 Å². The second-order valence-electron chi connectivity index (χ2n) is 4.02. The van der Waals surface area contributed by atoms with Crippen LogP contribution < -0.4 is 5.32 Å². The molecular formula is C15H14N2O2. The molecule has 0 unspecified atom stereocenters. The number of nitrogens with one attached hydrogen (secondary N) is 1. The van der Waals surface area contributed by atoms with Crippen LogP contribution in [-0.2, 0) is 0 Å². The van der Waals surface area contributed by atoms with E-state index in [4.69, 9.17) is 0 Å². The van der Waals surface area contributed by atoms with Gasteiger partial charge in [-0.3, -0.25) is 10.1 Å². The molecule has 0 aliphatic heterocycles. The lowest BCUT2D eigenvalue weighted by atomic mass is 10.1. The minimum atomic E-state index is -0.399. The van der Waals surface area contributed by atoms with E-state index < -0.39 is 4.92 Å². The van der Waals surface area contributed by atoms with Crippen molar-refractivity contribution in [2.24, 2.45) is 0 Å². The highest BCUT2D eigenvalue weighted by molar-refractivity contribution is 5.76. The number of rotatable bonds is 4. The zero-order valence-electron chi connectivity index (χ0n) is 10.5. The first kappa shape index (κ1) is 12.8. The highest BCUT2D eigenvalue weighted by atomic mass is 16.6. The fourth-order valence-electron chi connectivity index (χ4n) is 1.76. The molecule has 0 aliphatic rings. The third-order valence-corrected chi connectivity index (χ3v) is 2.79. The van der Waals surface area contributed by atoms with Gasteiger partial charge in [-0.05, 0) is 29.3 Å². The number of anilines is 1. The molecule has 0 saturated carbocycles. The molecule has 0 fully saturated rings. The summed E-state index contributed by atoms with van der Waals surface area (Å²) in [6, 6.07) is 14.4. The average Bonchev–Trinajstić information content (AvgIpc) is 2.45. The van der Waals surface area contributed by atoms with Gasteiger partial charge in [0, 0.05) is 24.9 Å². The lowest BCUT2D eigenvalue weighted by molar-refractivity contribution is -0.384. The van der Waals surface area contributed by atoms with Crippen molar-refractivity contribution in [3.05, 3.63) is 69.8 Å². The van der Waals surface area contributed by atoms with Crippen LogP contribution in [-0.4, -0.2) is 12.0 Å². The Morgan fingerprint density at radius 3 is 2.37 bits per heavy atom. The minimum absolute atomic E-state index is 0.104. The molecule has 0 aromatic heterocycles. The molecular weight excluding hydrogens is 240 g/mol. The highest BCUT2D eigenvalue weighted by Gasteiger charge is 2.02. The van der Waals surface area contributed by atoms with Gasteiger partial charge in [0.05, 0.1) is 4.92 Å². The molecule has 1 N–H and O–H groups in total. The number of hydrogen-bond donors (Lipinski definition) is 1. The molecule has 0 radical (unpaired) electrons. The zero-order valence-corrected chi connectivity index (χ0v) is 10.5. The standard InChI is InChI=1S/C15H14N2O2/c1-16-15-5-3-2-4-13(15)9-6-12-7-10-14(11-8-12)17(18)19/h2-11,16H,1H3. The number of hydrogen-bond acceptors (Lipinski definition) is 3. The summed E-state index contributed by atoms with van der Waals surface area (Å²) in [5.74, 6) is 0. The maximum Gasteiger partial charge on any atom is 0.269 e. The first-order valence-corrected chi connectivity index (χ1v) is 5.90. The number of benzene rings is 2.